The lowest BCUT2D eigenvalue weighted by Gasteiger charge is -2.40. The summed E-state index contributed by atoms with van der Waals surface area (Å²) in [5.74, 6) is 1.94. The highest BCUT2D eigenvalue weighted by Gasteiger charge is 2.51. The first-order chi connectivity index (χ1) is 28.7. The van der Waals surface area contributed by atoms with Gasteiger partial charge in [-0.15, -0.1) is 0 Å². The summed E-state index contributed by atoms with van der Waals surface area (Å²) < 4.78 is 0. The van der Waals surface area contributed by atoms with Crippen molar-refractivity contribution in [2.75, 3.05) is 0 Å². The molecule has 0 radical (unpaired) electrons. The highest BCUT2D eigenvalue weighted by Crippen LogP contribution is 2.64. The van der Waals surface area contributed by atoms with Crippen LogP contribution < -0.4 is 0 Å². The third-order valence-electron chi connectivity index (χ3n) is 12.0. The van der Waals surface area contributed by atoms with Gasteiger partial charge < -0.3 is 0 Å². The number of nitrogens with zero attached hydrogens (tertiary/aromatic N) is 3. The summed E-state index contributed by atoms with van der Waals surface area (Å²) in [5, 5.41) is 5.04. The molecule has 0 saturated heterocycles. The van der Waals surface area contributed by atoms with Crippen LogP contribution in [0.25, 0.3) is 78.0 Å². The van der Waals surface area contributed by atoms with E-state index in [1.54, 1.807) is 0 Å². The van der Waals surface area contributed by atoms with Crippen LogP contribution in [0, 0.1) is 0 Å². The van der Waals surface area contributed by atoms with E-state index in [0.29, 0.717) is 17.5 Å². The van der Waals surface area contributed by atoms with Gasteiger partial charge in [0.15, 0.2) is 17.5 Å². The second-order valence-corrected chi connectivity index (χ2v) is 16.1. The number of fused-ring (bicyclic) bond motifs is 13. The molecule has 0 amide bonds. The Bertz CT molecular complexity index is 3160. The summed E-state index contributed by atoms with van der Waals surface area (Å²) in [6, 6.07) is 72.1. The lowest BCUT2D eigenvalue weighted by atomic mass is 9.66. The maximum atomic E-state index is 5.25. The Labute approximate surface area is 340 Å². The van der Waals surface area contributed by atoms with Gasteiger partial charge in [0.05, 0.1) is 5.41 Å². The highest BCUT2D eigenvalue weighted by molar-refractivity contribution is 8.00. The Morgan fingerprint density at radius 2 is 0.759 bits per heavy atom. The highest BCUT2D eigenvalue weighted by atomic mass is 32.2. The fraction of sp³-hybridized carbons (Fsp3) is 0.0185. The van der Waals surface area contributed by atoms with E-state index in [1.165, 1.54) is 70.3 Å². The van der Waals surface area contributed by atoms with Crippen LogP contribution in [0.4, 0.5) is 0 Å². The topological polar surface area (TPSA) is 38.7 Å². The van der Waals surface area contributed by atoms with E-state index in [-0.39, 0.29) is 0 Å². The number of rotatable bonds is 4. The summed E-state index contributed by atoms with van der Waals surface area (Å²) in [6.07, 6.45) is 0. The van der Waals surface area contributed by atoms with E-state index in [2.05, 4.69) is 176 Å². The van der Waals surface area contributed by atoms with Gasteiger partial charge in [0.2, 0.25) is 0 Å². The second kappa shape index (κ2) is 13.0. The van der Waals surface area contributed by atoms with Crippen LogP contribution in [0.1, 0.15) is 22.3 Å². The van der Waals surface area contributed by atoms with Crippen molar-refractivity contribution in [3.63, 3.8) is 0 Å². The largest absolute Gasteiger partial charge is 0.208 e. The minimum absolute atomic E-state index is 0.572. The summed E-state index contributed by atoms with van der Waals surface area (Å²) in [7, 11) is 0. The van der Waals surface area contributed by atoms with Crippen molar-refractivity contribution in [2.24, 2.45) is 0 Å². The van der Waals surface area contributed by atoms with Crippen LogP contribution in [-0.2, 0) is 5.41 Å². The van der Waals surface area contributed by atoms with Gasteiger partial charge in [-0.25, -0.2) is 15.0 Å². The van der Waals surface area contributed by atoms with Crippen molar-refractivity contribution >= 4 is 33.3 Å². The van der Waals surface area contributed by atoms with Crippen LogP contribution >= 0.6 is 11.8 Å². The molecule has 2 heterocycles. The van der Waals surface area contributed by atoms with E-state index in [0.717, 1.165) is 22.3 Å². The van der Waals surface area contributed by atoms with Crippen LogP contribution in [0.3, 0.4) is 0 Å². The molecule has 1 spiro atoms. The average molecular weight is 756 g/mol. The van der Waals surface area contributed by atoms with E-state index in [9.17, 15) is 0 Å². The first-order valence-corrected chi connectivity index (χ1v) is 20.5. The molecule has 0 unspecified atom stereocenters. The Hall–Kier alpha value is -7.14. The van der Waals surface area contributed by atoms with Crippen molar-refractivity contribution in [1.29, 1.82) is 0 Å². The molecule has 3 nitrogen and oxygen atoms in total. The molecule has 1 aromatic heterocycles. The molecular weight excluding hydrogens is 723 g/mol. The van der Waals surface area contributed by atoms with Gasteiger partial charge >= 0.3 is 0 Å². The van der Waals surface area contributed by atoms with Crippen molar-refractivity contribution in [1.82, 2.24) is 15.0 Å². The molecule has 1 aliphatic heterocycles. The molecule has 270 valence electrons. The zero-order chi connectivity index (χ0) is 38.2. The van der Waals surface area contributed by atoms with Gasteiger partial charge in [-0.05, 0) is 72.1 Å². The third kappa shape index (κ3) is 4.92. The molecule has 0 N–H and O–H groups in total. The molecule has 58 heavy (non-hydrogen) atoms. The molecule has 2 aliphatic rings. The van der Waals surface area contributed by atoms with Gasteiger partial charge in [0.25, 0.3) is 0 Å². The molecule has 0 bridgehead atoms. The predicted octanol–water partition coefficient (Wildman–Crippen LogP) is 13.7. The molecule has 0 fully saturated rings. The van der Waals surface area contributed by atoms with Gasteiger partial charge in [-0.1, -0.05) is 206 Å². The number of benzene rings is 9. The molecule has 0 atom stereocenters. The van der Waals surface area contributed by atoms with Gasteiger partial charge in [0.1, 0.15) is 0 Å². The summed E-state index contributed by atoms with van der Waals surface area (Å²) >= 11 is 1.92. The summed E-state index contributed by atoms with van der Waals surface area (Å²) in [4.78, 5) is 18.2. The quantitative estimate of drug-likeness (QED) is 0.179. The molecule has 4 heteroatoms. The number of hydrogen-bond donors (Lipinski definition) is 0. The van der Waals surface area contributed by atoms with Crippen LogP contribution in [-0.4, -0.2) is 15.0 Å². The summed E-state index contributed by atoms with van der Waals surface area (Å²) in [5.41, 5.74) is 12.3. The Morgan fingerprint density at radius 3 is 1.40 bits per heavy atom. The number of hydrogen-bond acceptors (Lipinski definition) is 4. The zero-order valence-corrected chi connectivity index (χ0v) is 32.1. The van der Waals surface area contributed by atoms with E-state index < -0.39 is 5.41 Å². The van der Waals surface area contributed by atoms with Crippen LogP contribution in [0.5, 0.6) is 0 Å². The van der Waals surface area contributed by atoms with E-state index in [4.69, 9.17) is 15.0 Å². The van der Waals surface area contributed by atoms with E-state index >= 15 is 0 Å². The van der Waals surface area contributed by atoms with Gasteiger partial charge in [-0.2, -0.15) is 0 Å². The fourth-order valence-corrected chi connectivity index (χ4v) is 10.8. The van der Waals surface area contributed by atoms with Crippen LogP contribution in [0.15, 0.2) is 210 Å². The Kier molecular flexibility index (Phi) is 7.38. The smallest absolute Gasteiger partial charge is 0.164 e. The Balaban J connectivity index is 1.12. The van der Waals surface area contributed by atoms with Crippen molar-refractivity contribution < 1.29 is 0 Å². The third-order valence-corrected chi connectivity index (χ3v) is 13.3. The SMILES string of the molecule is c1ccc(-c2ccc(-c3nc(-c4ccccc4)nc(-c4ccc5c(c4)C4(c6ccccc6-5)c5ccc6ccccc6c5Sc5c4ccc4ccccc54)n3)cc2)cc1. The lowest BCUT2D eigenvalue weighted by Crippen LogP contribution is -2.32. The minimum Gasteiger partial charge on any atom is -0.208 e. The first kappa shape index (κ1) is 33.0. The Morgan fingerprint density at radius 1 is 0.310 bits per heavy atom. The lowest BCUT2D eigenvalue weighted by molar-refractivity contribution is 0.729. The van der Waals surface area contributed by atoms with Crippen molar-refractivity contribution in [2.45, 2.75) is 15.2 Å². The predicted molar refractivity (Wildman–Crippen MR) is 238 cm³/mol. The normalized spacial score (nSPS) is 13.2. The molecule has 1 aliphatic carbocycles. The zero-order valence-electron chi connectivity index (χ0n) is 31.3. The standard InChI is InChI=1S/C54H33N3S/c1-3-13-34(14-4-1)35-23-25-39(26-24-35)52-55-51(38-17-5-2-6-18-38)56-53(57-52)40-27-30-44-43-21-11-12-22-45(43)54(48(44)33-40)46-31-28-36-15-7-9-19-41(36)49(46)58-50-42-20-10-8-16-37(42)29-32-47(50)54/h1-33H. The van der Waals surface area contributed by atoms with Crippen molar-refractivity contribution in [3.8, 4) is 56.4 Å². The van der Waals surface area contributed by atoms with Gasteiger partial charge in [0, 0.05) is 26.5 Å². The maximum absolute atomic E-state index is 5.25. The van der Waals surface area contributed by atoms with E-state index in [1.807, 2.05) is 36.0 Å². The fourth-order valence-electron chi connectivity index (χ4n) is 9.34. The molecule has 10 aromatic rings. The molecular formula is C54H33N3S. The second-order valence-electron chi connectivity index (χ2n) is 15.1. The number of aromatic nitrogens is 3. The molecule has 0 saturated carbocycles. The van der Waals surface area contributed by atoms with Gasteiger partial charge in [-0.3, -0.25) is 0 Å². The molecule has 12 rings (SSSR count). The average Bonchev–Trinajstić information content (AvgIpc) is 3.59. The minimum atomic E-state index is -0.572. The van der Waals surface area contributed by atoms with Crippen LogP contribution in [0.2, 0.25) is 0 Å². The first-order valence-electron chi connectivity index (χ1n) is 19.7. The molecule has 9 aromatic carbocycles. The summed E-state index contributed by atoms with van der Waals surface area (Å²) in [6.45, 7) is 0. The monoisotopic (exact) mass is 755 g/mol. The van der Waals surface area contributed by atoms with Crippen molar-refractivity contribution in [3.05, 3.63) is 222 Å². The maximum Gasteiger partial charge on any atom is 0.164 e.